The molecule has 31 heavy (non-hydrogen) atoms. The van der Waals surface area contributed by atoms with E-state index in [1.165, 1.54) is 12.1 Å². The fourth-order valence-corrected chi connectivity index (χ4v) is 4.35. The molecule has 0 spiro atoms. The Kier molecular flexibility index (Phi) is 5.66. The van der Waals surface area contributed by atoms with Gasteiger partial charge in [-0.3, -0.25) is 0 Å². The average molecular weight is 436 g/mol. The van der Waals surface area contributed by atoms with E-state index in [4.69, 9.17) is 21.6 Å². The van der Waals surface area contributed by atoms with E-state index < -0.39 is 0 Å². The fourth-order valence-electron chi connectivity index (χ4n) is 4.13. The van der Waals surface area contributed by atoms with Gasteiger partial charge >= 0.3 is 0 Å². The van der Waals surface area contributed by atoms with E-state index in [2.05, 4.69) is 14.9 Å². The van der Waals surface area contributed by atoms with Crippen molar-refractivity contribution in [3.63, 3.8) is 0 Å². The predicted molar refractivity (Wildman–Crippen MR) is 121 cm³/mol. The summed E-state index contributed by atoms with van der Waals surface area (Å²) >= 11 is 6.51. The molecule has 4 aromatic rings. The number of aryl methyl sites for hydroxylation is 2. The van der Waals surface area contributed by atoms with Crippen LogP contribution in [0, 0.1) is 11.7 Å². The van der Waals surface area contributed by atoms with Crippen LogP contribution in [0.5, 0.6) is 0 Å². The summed E-state index contributed by atoms with van der Waals surface area (Å²) in [6.45, 7) is 2.86. The zero-order valence-electron chi connectivity index (χ0n) is 17.1. The summed E-state index contributed by atoms with van der Waals surface area (Å²) in [6, 6.07) is 14.4. The second-order valence-electron chi connectivity index (χ2n) is 8.01. The Morgan fingerprint density at radius 3 is 2.68 bits per heavy atom. The van der Waals surface area contributed by atoms with Crippen molar-refractivity contribution >= 4 is 22.8 Å². The van der Waals surface area contributed by atoms with Gasteiger partial charge < -0.3 is 9.88 Å². The Hall–Kier alpha value is -2.83. The number of nitrogens with zero attached hydrogens (tertiary/aromatic N) is 4. The molecule has 0 amide bonds. The van der Waals surface area contributed by atoms with Crippen LogP contribution in [-0.4, -0.2) is 32.6 Å². The first-order valence-corrected chi connectivity index (χ1v) is 11.0. The van der Waals surface area contributed by atoms with E-state index in [-0.39, 0.29) is 5.82 Å². The minimum absolute atomic E-state index is 0.223. The van der Waals surface area contributed by atoms with Gasteiger partial charge in [-0.05, 0) is 61.7 Å². The molecular formula is C24H23ClFN5. The second-order valence-corrected chi connectivity index (χ2v) is 8.41. The molecule has 0 aliphatic carbocycles. The minimum Gasteiger partial charge on any atom is -0.316 e. The lowest BCUT2D eigenvalue weighted by molar-refractivity contribution is 0.490. The molecule has 158 valence electrons. The quantitative estimate of drug-likeness (QED) is 0.477. The Balaban J connectivity index is 1.51. The number of hydrogen-bond acceptors (Lipinski definition) is 4. The highest BCUT2D eigenvalue weighted by Gasteiger charge is 2.22. The van der Waals surface area contributed by atoms with E-state index in [0.717, 1.165) is 66.4 Å². The maximum absolute atomic E-state index is 13.2. The third-order valence-corrected chi connectivity index (χ3v) is 6.14. The summed E-state index contributed by atoms with van der Waals surface area (Å²) in [5.41, 5.74) is 3.57. The molecule has 5 rings (SSSR count). The lowest BCUT2D eigenvalue weighted by Crippen LogP contribution is -2.16. The maximum atomic E-state index is 13.2. The molecule has 0 radical (unpaired) electrons. The van der Waals surface area contributed by atoms with E-state index in [9.17, 15) is 4.39 Å². The van der Waals surface area contributed by atoms with Crippen molar-refractivity contribution in [1.29, 1.82) is 0 Å². The summed E-state index contributed by atoms with van der Waals surface area (Å²) < 4.78 is 15.4. The number of fused-ring (bicyclic) bond motifs is 1. The van der Waals surface area contributed by atoms with Crippen LogP contribution in [0.25, 0.3) is 22.6 Å². The third-order valence-electron chi connectivity index (χ3n) is 5.81. The lowest BCUT2D eigenvalue weighted by atomic mass is 10.1. The van der Waals surface area contributed by atoms with Crippen LogP contribution >= 0.6 is 11.6 Å². The first-order valence-electron chi connectivity index (χ1n) is 10.6. The molecule has 2 aromatic carbocycles. The van der Waals surface area contributed by atoms with Crippen LogP contribution in [0.2, 0.25) is 5.02 Å². The van der Waals surface area contributed by atoms with Crippen molar-refractivity contribution < 1.29 is 4.39 Å². The zero-order valence-corrected chi connectivity index (χ0v) is 17.8. The van der Waals surface area contributed by atoms with E-state index in [0.29, 0.717) is 17.4 Å². The third kappa shape index (κ3) is 4.31. The van der Waals surface area contributed by atoms with E-state index >= 15 is 0 Å². The topological polar surface area (TPSA) is 55.6 Å². The molecule has 1 aliphatic rings. The van der Waals surface area contributed by atoms with Gasteiger partial charge in [-0.15, -0.1) is 0 Å². The summed E-state index contributed by atoms with van der Waals surface area (Å²) in [6.07, 6.45) is 4.36. The van der Waals surface area contributed by atoms with Crippen LogP contribution in [-0.2, 0) is 19.4 Å². The summed E-state index contributed by atoms with van der Waals surface area (Å²) in [7, 11) is 0. The molecule has 0 bridgehead atoms. The summed E-state index contributed by atoms with van der Waals surface area (Å²) in [4.78, 5) is 14.3. The molecule has 1 saturated heterocycles. The number of nitrogens with one attached hydrogen (secondary N) is 1. The number of rotatable bonds is 6. The fraction of sp³-hybridized carbons (Fsp3) is 0.292. The van der Waals surface area contributed by atoms with Gasteiger partial charge in [0.15, 0.2) is 5.65 Å². The SMILES string of the molecule is Fc1ccc(CCc2ncc3nc(-c4ccccc4Cl)n(CC4CCNC4)c3n2)cc1. The molecular weight excluding hydrogens is 413 g/mol. The smallest absolute Gasteiger partial charge is 0.164 e. The molecule has 1 aliphatic heterocycles. The van der Waals surface area contributed by atoms with Crippen LogP contribution < -0.4 is 5.32 Å². The van der Waals surface area contributed by atoms with Crippen molar-refractivity contribution in [2.24, 2.45) is 5.92 Å². The van der Waals surface area contributed by atoms with E-state index in [1.807, 2.05) is 24.3 Å². The molecule has 5 nitrogen and oxygen atoms in total. The number of hydrogen-bond donors (Lipinski definition) is 1. The molecule has 1 unspecified atom stereocenters. The zero-order chi connectivity index (χ0) is 21.2. The molecule has 1 N–H and O–H groups in total. The monoisotopic (exact) mass is 435 g/mol. The number of imidazole rings is 1. The Morgan fingerprint density at radius 2 is 1.90 bits per heavy atom. The van der Waals surface area contributed by atoms with Crippen molar-refractivity contribution in [2.75, 3.05) is 13.1 Å². The van der Waals surface area contributed by atoms with E-state index in [1.54, 1.807) is 18.3 Å². The summed E-state index contributed by atoms with van der Waals surface area (Å²) in [5, 5.41) is 4.11. The summed E-state index contributed by atoms with van der Waals surface area (Å²) in [5.74, 6) is 1.89. The van der Waals surface area contributed by atoms with Gasteiger partial charge in [0.1, 0.15) is 23.0 Å². The van der Waals surface area contributed by atoms with Crippen LogP contribution in [0.3, 0.4) is 0 Å². The highest BCUT2D eigenvalue weighted by molar-refractivity contribution is 6.33. The van der Waals surface area contributed by atoms with Crippen molar-refractivity contribution in [3.05, 3.63) is 77.0 Å². The maximum Gasteiger partial charge on any atom is 0.164 e. The Morgan fingerprint density at radius 1 is 1.06 bits per heavy atom. The molecule has 0 saturated carbocycles. The van der Waals surface area contributed by atoms with Crippen molar-refractivity contribution in [1.82, 2.24) is 24.8 Å². The normalized spacial score (nSPS) is 16.3. The van der Waals surface area contributed by atoms with Gasteiger partial charge in [0.05, 0.1) is 11.2 Å². The highest BCUT2D eigenvalue weighted by atomic mass is 35.5. The Bertz CT molecular complexity index is 1200. The van der Waals surface area contributed by atoms with Gasteiger partial charge in [-0.25, -0.2) is 19.3 Å². The Labute approximate surface area is 185 Å². The molecule has 2 aromatic heterocycles. The predicted octanol–water partition coefficient (Wildman–Crippen LogP) is 4.68. The van der Waals surface area contributed by atoms with Crippen molar-refractivity contribution in [2.45, 2.75) is 25.8 Å². The molecule has 1 fully saturated rings. The van der Waals surface area contributed by atoms with Gasteiger partial charge in [0, 0.05) is 18.5 Å². The van der Waals surface area contributed by atoms with Crippen LogP contribution in [0.15, 0.2) is 54.7 Å². The highest BCUT2D eigenvalue weighted by Crippen LogP contribution is 2.30. The van der Waals surface area contributed by atoms with Gasteiger partial charge in [0.25, 0.3) is 0 Å². The van der Waals surface area contributed by atoms with Gasteiger partial charge in [-0.1, -0.05) is 35.9 Å². The number of aromatic nitrogens is 4. The molecule has 7 heteroatoms. The first kappa shape index (κ1) is 20.1. The first-order chi connectivity index (χ1) is 15.2. The van der Waals surface area contributed by atoms with Crippen LogP contribution in [0.4, 0.5) is 4.39 Å². The standard InChI is InChI=1S/C24H23ClFN5/c25-20-4-2-1-3-19(20)23-29-21-14-28-22(10-7-16-5-8-18(26)9-6-16)30-24(21)31(23)15-17-11-12-27-13-17/h1-6,8-9,14,17,27H,7,10-13,15H2. The molecule has 3 heterocycles. The second kappa shape index (κ2) is 8.73. The van der Waals surface area contributed by atoms with Gasteiger partial charge in [0.2, 0.25) is 0 Å². The van der Waals surface area contributed by atoms with Gasteiger partial charge in [-0.2, -0.15) is 0 Å². The largest absolute Gasteiger partial charge is 0.316 e. The number of benzene rings is 2. The number of halogens is 2. The lowest BCUT2D eigenvalue weighted by Gasteiger charge is -2.14. The molecule has 1 atom stereocenters. The van der Waals surface area contributed by atoms with Crippen LogP contribution in [0.1, 0.15) is 17.8 Å². The average Bonchev–Trinajstić information content (AvgIpc) is 3.42. The minimum atomic E-state index is -0.223. The van der Waals surface area contributed by atoms with Crippen molar-refractivity contribution in [3.8, 4) is 11.4 Å².